The number of benzene rings is 2. The minimum Gasteiger partial charge on any atom is -0.390 e. The van der Waals surface area contributed by atoms with Crippen LogP contribution in [0.15, 0.2) is 55.0 Å². The van der Waals surface area contributed by atoms with Crippen LogP contribution in [0.1, 0.15) is 29.3 Å². The van der Waals surface area contributed by atoms with Gasteiger partial charge in [-0.15, -0.1) is 0 Å². The van der Waals surface area contributed by atoms with E-state index in [4.69, 9.17) is 0 Å². The Morgan fingerprint density at radius 2 is 1.88 bits per heavy atom. The Morgan fingerprint density at radius 1 is 1.12 bits per heavy atom. The molecule has 0 saturated carbocycles. The molecule has 0 aliphatic rings. The quantitative estimate of drug-likeness (QED) is 0.368. The number of aromatic amines is 1. The van der Waals surface area contributed by atoms with Crippen molar-refractivity contribution in [1.29, 1.82) is 0 Å². The van der Waals surface area contributed by atoms with Gasteiger partial charge >= 0.3 is 0 Å². The van der Waals surface area contributed by atoms with Crippen LogP contribution < -0.4 is 10.6 Å². The number of nitrogens with zero attached hydrogens (tertiary/aromatic N) is 1. The number of carbonyl (C=O) groups excluding carboxylic acids is 1. The summed E-state index contributed by atoms with van der Waals surface area (Å²) in [5.74, 6) is -1.73. The number of amides is 1. The van der Waals surface area contributed by atoms with Gasteiger partial charge in [0.05, 0.1) is 24.9 Å². The summed E-state index contributed by atoms with van der Waals surface area (Å²) in [5, 5.41) is 16.8. The fourth-order valence-electron chi connectivity index (χ4n) is 3.54. The van der Waals surface area contributed by atoms with Crippen molar-refractivity contribution >= 4 is 5.91 Å². The van der Waals surface area contributed by atoms with E-state index in [-0.39, 0.29) is 25.3 Å². The summed E-state index contributed by atoms with van der Waals surface area (Å²) in [7, 11) is 0. The minimum absolute atomic E-state index is 0.0535. The molecule has 0 spiro atoms. The molecule has 32 heavy (non-hydrogen) atoms. The van der Waals surface area contributed by atoms with E-state index < -0.39 is 23.8 Å². The van der Waals surface area contributed by atoms with Crippen molar-refractivity contribution in [3.05, 3.63) is 89.0 Å². The average Bonchev–Trinajstić information content (AvgIpc) is 3.25. The van der Waals surface area contributed by atoms with Crippen LogP contribution >= 0.6 is 0 Å². The lowest BCUT2D eigenvalue weighted by molar-refractivity contribution is -0.122. The van der Waals surface area contributed by atoms with Crippen molar-refractivity contribution in [3.8, 4) is 0 Å². The molecule has 6 nitrogen and oxygen atoms in total. The predicted molar refractivity (Wildman–Crippen MR) is 118 cm³/mol. The van der Waals surface area contributed by atoms with E-state index in [0.717, 1.165) is 18.1 Å². The van der Waals surface area contributed by atoms with Crippen LogP contribution in [0.4, 0.5) is 8.78 Å². The highest BCUT2D eigenvalue weighted by Crippen LogP contribution is 2.12. The van der Waals surface area contributed by atoms with Gasteiger partial charge in [-0.05, 0) is 41.7 Å². The van der Waals surface area contributed by atoms with Gasteiger partial charge < -0.3 is 20.7 Å². The zero-order valence-corrected chi connectivity index (χ0v) is 17.9. The largest absolute Gasteiger partial charge is 0.390 e. The fraction of sp³-hybridized carbons (Fsp3) is 0.333. The molecule has 2 aromatic carbocycles. The van der Waals surface area contributed by atoms with Crippen LogP contribution in [-0.4, -0.2) is 39.7 Å². The first-order valence-electron chi connectivity index (χ1n) is 10.6. The number of carbonyl (C=O) groups is 1. The van der Waals surface area contributed by atoms with E-state index in [1.807, 2.05) is 12.1 Å². The Morgan fingerprint density at radius 3 is 2.56 bits per heavy atom. The van der Waals surface area contributed by atoms with Crippen molar-refractivity contribution < 1.29 is 18.7 Å². The van der Waals surface area contributed by atoms with E-state index in [1.54, 1.807) is 6.20 Å². The van der Waals surface area contributed by atoms with Crippen molar-refractivity contribution in [1.82, 2.24) is 20.6 Å². The third kappa shape index (κ3) is 7.25. The molecule has 0 aliphatic carbocycles. The molecule has 0 radical (unpaired) electrons. The van der Waals surface area contributed by atoms with Crippen LogP contribution in [0, 0.1) is 11.6 Å². The molecule has 2 atom stereocenters. The number of aliphatic hydroxyl groups excluding tert-OH is 1. The highest BCUT2D eigenvalue weighted by molar-refractivity contribution is 5.78. The summed E-state index contributed by atoms with van der Waals surface area (Å²) in [6, 6.07) is 10.6. The van der Waals surface area contributed by atoms with Gasteiger partial charge in [-0.3, -0.25) is 4.79 Å². The second-order valence-electron chi connectivity index (χ2n) is 7.78. The molecule has 0 fully saturated rings. The molecule has 0 saturated heterocycles. The lowest BCUT2D eigenvalue weighted by Crippen LogP contribution is -2.49. The predicted octanol–water partition coefficient (Wildman–Crippen LogP) is 2.67. The van der Waals surface area contributed by atoms with Gasteiger partial charge in [0.1, 0.15) is 11.6 Å². The normalized spacial score (nSPS) is 13.0. The molecule has 1 aromatic heterocycles. The van der Waals surface area contributed by atoms with E-state index >= 15 is 0 Å². The number of nitrogens with one attached hydrogen (secondary N) is 3. The number of imidazole rings is 1. The van der Waals surface area contributed by atoms with Crippen molar-refractivity contribution in [2.24, 2.45) is 0 Å². The van der Waals surface area contributed by atoms with Crippen molar-refractivity contribution in [3.63, 3.8) is 0 Å². The second kappa shape index (κ2) is 11.5. The average molecular weight is 443 g/mol. The third-order valence-electron chi connectivity index (χ3n) is 5.18. The maximum Gasteiger partial charge on any atom is 0.226 e. The molecule has 3 rings (SSSR count). The van der Waals surface area contributed by atoms with Crippen LogP contribution in [0.5, 0.6) is 0 Å². The monoisotopic (exact) mass is 442 g/mol. The molecule has 4 N–H and O–H groups in total. The lowest BCUT2D eigenvalue weighted by atomic mass is 10.00. The Labute approximate surface area is 186 Å². The highest BCUT2D eigenvalue weighted by atomic mass is 19.1. The maximum absolute atomic E-state index is 13.6. The van der Waals surface area contributed by atoms with Gasteiger partial charge in [-0.1, -0.05) is 31.2 Å². The Kier molecular flexibility index (Phi) is 8.47. The van der Waals surface area contributed by atoms with Gasteiger partial charge in [0.15, 0.2) is 0 Å². The molecule has 0 unspecified atom stereocenters. The number of rotatable bonds is 11. The van der Waals surface area contributed by atoms with Gasteiger partial charge in [0.2, 0.25) is 5.91 Å². The van der Waals surface area contributed by atoms with Gasteiger partial charge in [0.25, 0.3) is 0 Å². The molecule has 1 amide bonds. The summed E-state index contributed by atoms with van der Waals surface area (Å²) in [4.78, 5) is 19.2. The number of hydrogen-bond acceptors (Lipinski definition) is 4. The molecular weight excluding hydrogens is 414 g/mol. The fourth-order valence-corrected chi connectivity index (χ4v) is 3.54. The molecular formula is C24H28F2N4O2. The highest BCUT2D eigenvalue weighted by Gasteiger charge is 2.22. The summed E-state index contributed by atoms with van der Waals surface area (Å²) in [6.45, 7) is 2.83. The number of hydrogen-bond donors (Lipinski definition) is 4. The number of aryl methyl sites for hydroxylation is 1. The molecule has 0 bridgehead atoms. The number of H-pyrrole nitrogens is 1. The van der Waals surface area contributed by atoms with E-state index in [9.17, 15) is 18.7 Å². The zero-order valence-electron chi connectivity index (χ0n) is 17.9. The Bertz CT molecular complexity index is 991. The SMILES string of the molecule is CCc1cccc(CNC[C@H](O)[C@H](Cc2cc(F)cc(F)c2)NC(=O)Cc2cnc[nH]2)c1. The molecule has 170 valence electrons. The summed E-state index contributed by atoms with van der Waals surface area (Å²) >= 11 is 0. The van der Waals surface area contributed by atoms with Crippen molar-refractivity contribution in [2.75, 3.05) is 6.54 Å². The van der Waals surface area contributed by atoms with E-state index in [2.05, 4.69) is 39.7 Å². The third-order valence-corrected chi connectivity index (χ3v) is 5.18. The molecule has 3 aromatic rings. The molecule has 0 aliphatic heterocycles. The number of halogens is 2. The first kappa shape index (κ1) is 23.6. The maximum atomic E-state index is 13.6. The summed E-state index contributed by atoms with van der Waals surface area (Å²) in [5.41, 5.74) is 3.29. The number of aromatic nitrogens is 2. The summed E-state index contributed by atoms with van der Waals surface area (Å²) < 4.78 is 27.3. The zero-order chi connectivity index (χ0) is 22.9. The number of aliphatic hydroxyl groups is 1. The Hall–Kier alpha value is -3.10. The van der Waals surface area contributed by atoms with Gasteiger partial charge in [-0.2, -0.15) is 0 Å². The van der Waals surface area contributed by atoms with E-state index in [0.29, 0.717) is 17.8 Å². The minimum atomic E-state index is -0.971. The topological polar surface area (TPSA) is 90.0 Å². The molecule has 1 heterocycles. The summed E-state index contributed by atoms with van der Waals surface area (Å²) in [6.07, 6.45) is 3.11. The lowest BCUT2D eigenvalue weighted by Gasteiger charge is -2.25. The van der Waals surface area contributed by atoms with Crippen LogP contribution in [0.25, 0.3) is 0 Å². The van der Waals surface area contributed by atoms with Crippen molar-refractivity contribution in [2.45, 2.75) is 44.9 Å². The smallest absolute Gasteiger partial charge is 0.226 e. The Balaban J connectivity index is 1.64. The molecule has 8 heteroatoms. The standard InChI is InChI=1S/C24H28F2N4O2/c1-2-16-4-3-5-17(6-16)12-27-14-23(31)22(9-18-7-19(25)10-20(26)8-18)30-24(32)11-21-13-28-15-29-21/h3-8,10,13,15,22-23,27,31H,2,9,11-12,14H2,1H3,(H,28,29)(H,30,32)/t22-,23-/m0/s1. The van der Waals surface area contributed by atoms with Crippen LogP contribution in [0.3, 0.4) is 0 Å². The van der Waals surface area contributed by atoms with Crippen LogP contribution in [-0.2, 0) is 30.6 Å². The second-order valence-corrected chi connectivity index (χ2v) is 7.78. The first-order chi connectivity index (χ1) is 15.4. The van der Waals surface area contributed by atoms with Gasteiger partial charge in [-0.25, -0.2) is 13.8 Å². The first-order valence-corrected chi connectivity index (χ1v) is 10.6. The van der Waals surface area contributed by atoms with E-state index in [1.165, 1.54) is 24.0 Å². The van der Waals surface area contributed by atoms with Gasteiger partial charge in [0, 0.05) is 31.0 Å². The van der Waals surface area contributed by atoms with Crippen LogP contribution in [0.2, 0.25) is 0 Å².